The number of benzene rings is 2. The minimum absolute atomic E-state index is 0.187. The summed E-state index contributed by atoms with van der Waals surface area (Å²) < 4.78 is 16.0. The highest BCUT2D eigenvalue weighted by molar-refractivity contribution is 7.98. The highest BCUT2D eigenvalue weighted by Gasteiger charge is 2.33. The van der Waals surface area contributed by atoms with Crippen LogP contribution < -0.4 is 10.1 Å². The second-order valence-electron chi connectivity index (χ2n) is 13.5. The molecule has 1 unspecified atom stereocenters. The number of Topliss-reactive ketones (excluding diaryl/α,β-unsaturated/α-hetero) is 1. The minimum Gasteiger partial charge on any atom is -0.482 e. The lowest BCUT2D eigenvalue weighted by Gasteiger charge is -2.32. The number of aliphatic carboxylic acids is 1. The fraction of sp³-hybridized carbons (Fsp3) is 0.471. The van der Waals surface area contributed by atoms with Gasteiger partial charge in [-0.3, -0.25) is 14.4 Å². The fourth-order valence-electron chi connectivity index (χ4n) is 3.77. The van der Waals surface area contributed by atoms with Crippen molar-refractivity contribution < 1.29 is 48.1 Å². The second kappa shape index (κ2) is 16.6. The lowest BCUT2D eigenvalue weighted by molar-refractivity contribution is -0.169. The third kappa shape index (κ3) is 13.7. The predicted molar refractivity (Wildman–Crippen MR) is 182 cm³/mol. The van der Waals surface area contributed by atoms with Crippen molar-refractivity contribution in [3.63, 3.8) is 0 Å². The maximum Gasteiger partial charge on any atom is 0.440 e. The average molecular weight is 688 g/mol. The van der Waals surface area contributed by atoms with Crippen molar-refractivity contribution in [3.05, 3.63) is 65.2 Å². The number of hydrogen-bond donors (Lipinski definition) is 2. The number of carbonyl (C=O) groups is 5. The first-order valence-corrected chi connectivity index (χ1v) is 16.4. The number of rotatable bonds is 11. The molecule has 1 atom stereocenters. The molecule has 2 N–H and O–H groups in total. The quantitative estimate of drug-likeness (QED) is 0.120. The topological polar surface area (TPSA) is 170 Å². The zero-order valence-electron chi connectivity index (χ0n) is 29.0. The summed E-state index contributed by atoms with van der Waals surface area (Å²) in [6, 6.07) is 10.9. The van der Waals surface area contributed by atoms with Crippen molar-refractivity contribution in [2.45, 2.75) is 85.2 Å². The highest BCUT2D eigenvalue weighted by Crippen LogP contribution is 2.21. The van der Waals surface area contributed by atoms with E-state index in [9.17, 15) is 24.0 Å². The molecule has 0 aliphatic heterocycles. The first-order chi connectivity index (χ1) is 22.1. The van der Waals surface area contributed by atoms with Gasteiger partial charge in [0, 0.05) is 22.4 Å². The number of amides is 3. The van der Waals surface area contributed by atoms with Crippen molar-refractivity contribution in [2.24, 2.45) is 4.99 Å². The van der Waals surface area contributed by atoms with E-state index in [1.165, 1.54) is 60.3 Å². The minimum atomic E-state index is -1.13. The van der Waals surface area contributed by atoms with Crippen molar-refractivity contribution >= 4 is 47.4 Å². The number of carbonyl (C=O) groups excluding carboxylic acids is 4. The summed E-state index contributed by atoms with van der Waals surface area (Å²) in [5.41, 5.74) is -1.99. The van der Waals surface area contributed by atoms with Gasteiger partial charge in [-0.1, -0.05) is 12.1 Å². The monoisotopic (exact) mass is 687 g/mol. The van der Waals surface area contributed by atoms with Crippen LogP contribution in [0.2, 0.25) is 0 Å². The number of carboxylic acid groups (broad SMARTS) is 1. The molecule has 262 valence electrons. The standard InChI is InChI=1S/C34H45N3O10S/c1-32(2,3)45-30(42)36-28(37(47-34(7,8)9)31(43)46-33(4,5)6)22-11-13-23(14-12-22)29(41)35-25(20-48-10)27(40)21-15-17-24(18-16-21)44-19-26(38)39/h11-18,25H,19-20H2,1-10H3,(H,35,41)(H,38,39)/b36-28-. The van der Waals surface area contributed by atoms with Crippen LogP contribution >= 0.6 is 11.8 Å². The first-order valence-electron chi connectivity index (χ1n) is 15.0. The smallest absolute Gasteiger partial charge is 0.440 e. The van der Waals surface area contributed by atoms with E-state index in [0.717, 1.165) is 5.06 Å². The molecule has 13 nitrogen and oxygen atoms in total. The number of hydroxylamine groups is 2. The maximum atomic E-state index is 13.4. The van der Waals surface area contributed by atoms with Gasteiger partial charge in [0.25, 0.3) is 5.91 Å². The van der Waals surface area contributed by atoms with Crippen LogP contribution in [0.25, 0.3) is 0 Å². The average Bonchev–Trinajstić information content (AvgIpc) is 2.95. The maximum absolute atomic E-state index is 13.4. The van der Waals surface area contributed by atoms with Crippen LogP contribution in [0.4, 0.5) is 9.59 Å². The van der Waals surface area contributed by atoms with Crippen molar-refractivity contribution in [2.75, 3.05) is 18.6 Å². The molecule has 0 saturated carbocycles. The Hall–Kier alpha value is -4.43. The van der Waals surface area contributed by atoms with E-state index >= 15 is 0 Å². The third-order valence-corrected chi connectivity index (χ3v) is 6.24. The van der Waals surface area contributed by atoms with Gasteiger partial charge in [-0.05, 0) is 105 Å². The number of nitrogens with one attached hydrogen (secondary N) is 1. The first kappa shape index (κ1) is 39.7. The van der Waals surface area contributed by atoms with Gasteiger partial charge in [0.05, 0.1) is 5.60 Å². The molecular formula is C34H45N3O10S. The van der Waals surface area contributed by atoms with Crippen molar-refractivity contribution in [1.29, 1.82) is 0 Å². The molecule has 0 aliphatic carbocycles. The SMILES string of the molecule is CSCC(NC(=O)c1ccc(/C(=N/C(=O)OC(C)(C)C)N(OC(C)(C)C)C(=O)OC(C)(C)C)cc1)C(=O)c1ccc(OCC(=O)O)cc1. The van der Waals surface area contributed by atoms with Crippen LogP contribution in [0.15, 0.2) is 53.5 Å². The summed E-state index contributed by atoms with van der Waals surface area (Å²) in [5, 5.41) is 12.3. The second-order valence-corrected chi connectivity index (χ2v) is 14.4. The van der Waals surface area contributed by atoms with E-state index in [2.05, 4.69) is 10.3 Å². The Morgan fingerprint density at radius 3 is 1.79 bits per heavy atom. The van der Waals surface area contributed by atoms with Gasteiger partial charge in [0.1, 0.15) is 23.0 Å². The molecule has 0 bridgehead atoms. The summed E-state index contributed by atoms with van der Waals surface area (Å²) in [5.74, 6) is -1.69. The Bertz CT molecular complexity index is 1490. The Morgan fingerprint density at radius 1 is 0.792 bits per heavy atom. The number of aliphatic imine (C=N–C) groups is 1. The normalized spacial score (nSPS) is 12.8. The summed E-state index contributed by atoms with van der Waals surface area (Å²) >= 11 is 1.37. The Labute approximate surface area is 285 Å². The van der Waals surface area contributed by atoms with Crippen LogP contribution in [-0.2, 0) is 19.1 Å². The van der Waals surface area contributed by atoms with Crippen molar-refractivity contribution in [1.82, 2.24) is 10.4 Å². The lowest BCUT2D eigenvalue weighted by atomic mass is 10.0. The molecule has 0 fully saturated rings. The van der Waals surface area contributed by atoms with Crippen LogP contribution in [0.5, 0.6) is 5.75 Å². The lowest BCUT2D eigenvalue weighted by Crippen LogP contribution is -2.46. The number of amidine groups is 1. The van der Waals surface area contributed by atoms with Crippen LogP contribution in [0.1, 0.15) is 88.6 Å². The van der Waals surface area contributed by atoms with E-state index in [4.69, 9.17) is 24.2 Å². The van der Waals surface area contributed by atoms with Crippen LogP contribution in [-0.4, -0.2) is 87.3 Å². The Kier molecular flexibility index (Phi) is 13.7. The van der Waals surface area contributed by atoms with Gasteiger partial charge in [0.15, 0.2) is 18.2 Å². The molecule has 0 heterocycles. The van der Waals surface area contributed by atoms with E-state index in [-0.39, 0.29) is 34.2 Å². The highest BCUT2D eigenvalue weighted by atomic mass is 32.2. The van der Waals surface area contributed by atoms with Gasteiger partial charge in [-0.15, -0.1) is 5.06 Å². The molecule has 0 aliphatic rings. The Balaban J connectivity index is 2.42. The summed E-state index contributed by atoms with van der Waals surface area (Å²) in [4.78, 5) is 73.5. The molecule has 14 heteroatoms. The van der Waals surface area contributed by atoms with Gasteiger partial charge in [-0.25, -0.2) is 14.4 Å². The van der Waals surface area contributed by atoms with E-state index in [1.807, 2.05) is 0 Å². The molecule has 3 amide bonds. The number of hydrogen-bond acceptors (Lipinski definition) is 10. The molecule has 0 aromatic heterocycles. The fourth-order valence-corrected chi connectivity index (χ4v) is 4.33. The number of thioether (sulfide) groups is 1. The summed E-state index contributed by atoms with van der Waals surface area (Å²) in [7, 11) is 0. The zero-order valence-corrected chi connectivity index (χ0v) is 29.9. The van der Waals surface area contributed by atoms with Gasteiger partial charge in [0.2, 0.25) is 0 Å². The van der Waals surface area contributed by atoms with Crippen LogP contribution in [0.3, 0.4) is 0 Å². The molecule has 2 aromatic carbocycles. The molecule has 0 saturated heterocycles. The third-order valence-electron chi connectivity index (χ3n) is 5.57. The van der Waals surface area contributed by atoms with Gasteiger partial charge in [-0.2, -0.15) is 16.8 Å². The largest absolute Gasteiger partial charge is 0.482 e. The zero-order chi connectivity index (χ0) is 36.4. The molecular weight excluding hydrogens is 642 g/mol. The number of ketones is 1. The van der Waals surface area contributed by atoms with Gasteiger partial charge >= 0.3 is 18.2 Å². The number of ether oxygens (including phenoxy) is 3. The van der Waals surface area contributed by atoms with Crippen molar-refractivity contribution in [3.8, 4) is 5.75 Å². The van der Waals surface area contributed by atoms with E-state index < -0.39 is 53.5 Å². The van der Waals surface area contributed by atoms with E-state index in [0.29, 0.717) is 5.56 Å². The molecule has 48 heavy (non-hydrogen) atoms. The summed E-state index contributed by atoms with van der Waals surface area (Å²) in [6.45, 7) is 14.7. The number of carboxylic acids is 1. The number of nitrogens with zero attached hydrogens (tertiary/aromatic N) is 2. The van der Waals surface area contributed by atoms with Gasteiger partial charge < -0.3 is 24.6 Å². The Morgan fingerprint density at radius 2 is 1.31 bits per heavy atom. The predicted octanol–water partition coefficient (Wildman–Crippen LogP) is 6.14. The van der Waals surface area contributed by atoms with Crippen LogP contribution in [0, 0.1) is 0 Å². The molecule has 2 aromatic rings. The summed E-state index contributed by atoms with van der Waals surface area (Å²) in [6.07, 6.45) is -0.113. The van der Waals surface area contributed by atoms with E-state index in [1.54, 1.807) is 68.6 Å². The molecule has 0 radical (unpaired) electrons. The molecule has 0 spiro atoms. The molecule has 2 rings (SSSR count).